The molecule has 2 aliphatic carbocycles. The van der Waals surface area contributed by atoms with E-state index in [2.05, 4.69) is 33.4 Å². The van der Waals surface area contributed by atoms with Crippen LogP contribution in [0, 0.1) is 0 Å². The Bertz CT molecular complexity index is 1650. The second-order valence-electron chi connectivity index (χ2n) is 12.6. The molecule has 6 rings (SSSR count). The minimum absolute atomic E-state index is 0.00776. The normalized spacial score (nSPS) is 16.5. The first-order valence-electron chi connectivity index (χ1n) is 16.0. The number of amides is 3. The molecule has 0 radical (unpaired) electrons. The summed E-state index contributed by atoms with van der Waals surface area (Å²) in [5.74, 6) is -0.0717. The number of aromatic nitrogens is 1. The Labute approximate surface area is 259 Å². The summed E-state index contributed by atoms with van der Waals surface area (Å²) < 4.78 is 2.11. The Kier molecular flexibility index (Phi) is 8.56. The van der Waals surface area contributed by atoms with Crippen molar-refractivity contribution in [2.45, 2.75) is 75.8 Å². The van der Waals surface area contributed by atoms with Crippen LogP contribution in [0.2, 0.25) is 0 Å². The molecule has 3 amide bonds. The molecular weight excluding hydrogens is 548 g/mol. The summed E-state index contributed by atoms with van der Waals surface area (Å²) in [6.07, 6.45) is 8.80. The van der Waals surface area contributed by atoms with Gasteiger partial charge in [-0.2, -0.15) is 0 Å². The molecule has 3 aromatic carbocycles. The van der Waals surface area contributed by atoms with E-state index in [0.717, 1.165) is 47.8 Å². The zero-order valence-electron chi connectivity index (χ0n) is 25.8. The third-order valence-corrected chi connectivity index (χ3v) is 9.49. The lowest BCUT2D eigenvalue weighted by atomic mass is 9.81. The Balaban J connectivity index is 1.42. The molecule has 2 aliphatic rings. The molecule has 1 aromatic heterocycles. The van der Waals surface area contributed by atoms with Gasteiger partial charge >= 0.3 is 0 Å². The number of fused-ring (bicyclic) bond motifs is 1. The number of nitrogens with one attached hydrogen (secondary N) is 2. The Morgan fingerprint density at radius 1 is 0.841 bits per heavy atom. The number of anilines is 1. The maximum absolute atomic E-state index is 13.9. The van der Waals surface area contributed by atoms with Gasteiger partial charge in [-0.25, -0.2) is 0 Å². The number of rotatable bonds is 8. The lowest BCUT2D eigenvalue weighted by Crippen LogP contribution is -2.55. The molecule has 2 fully saturated rings. The van der Waals surface area contributed by atoms with Gasteiger partial charge in [0.25, 0.3) is 5.91 Å². The monoisotopic (exact) mass is 590 g/mol. The summed E-state index contributed by atoms with van der Waals surface area (Å²) in [7, 11) is 3.55. The van der Waals surface area contributed by atoms with Crippen molar-refractivity contribution in [2.75, 3.05) is 19.4 Å². The largest absolute Gasteiger partial charge is 0.347 e. The third kappa shape index (κ3) is 5.88. The van der Waals surface area contributed by atoms with Gasteiger partial charge in [0, 0.05) is 30.7 Å². The van der Waals surface area contributed by atoms with Crippen LogP contribution < -0.4 is 10.6 Å². The van der Waals surface area contributed by atoms with Crippen molar-refractivity contribution in [1.29, 1.82) is 0 Å². The molecule has 4 aromatic rings. The summed E-state index contributed by atoms with van der Waals surface area (Å²) in [5, 5.41) is 7.26. The molecule has 0 aliphatic heterocycles. The summed E-state index contributed by atoms with van der Waals surface area (Å²) in [5.41, 5.74) is 4.53. The molecule has 1 heterocycles. The van der Waals surface area contributed by atoms with Crippen molar-refractivity contribution >= 4 is 34.3 Å². The van der Waals surface area contributed by atoms with Gasteiger partial charge in [-0.15, -0.1) is 0 Å². The van der Waals surface area contributed by atoms with Crippen molar-refractivity contribution in [3.63, 3.8) is 0 Å². The Morgan fingerprint density at radius 2 is 1.50 bits per heavy atom. The number of hydrogen-bond acceptors (Lipinski definition) is 3. The Hall–Kier alpha value is -4.39. The molecule has 0 atom stereocenters. The molecule has 7 heteroatoms. The molecular formula is C37H42N4O3. The first kappa shape index (κ1) is 29.7. The molecule has 7 nitrogen and oxygen atoms in total. The van der Waals surface area contributed by atoms with E-state index in [1.165, 1.54) is 24.8 Å². The van der Waals surface area contributed by atoms with Crippen LogP contribution in [0.3, 0.4) is 0 Å². The van der Waals surface area contributed by atoms with Gasteiger partial charge in [-0.3, -0.25) is 14.4 Å². The maximum Gasteiger partial charge on any atom is 0.252 e. The fourth-order valence-corrected chi connectivity index (χ4v) is 7.12. The fourth-order valence-electron chi connectivity index (χ4n) is 7.12. The van der Waals surface area contributed by atoms with Crippen LogP contribution in [0.15, 0.2) is 78.9 Å². The van der Waals surface area contributed by atoms with Crippen molar-refractivity contribution in [3.8, 4) is 11.3 Å². The van der Waals surface area contributed by atoms with Crippen LogP contribution >= 0.6 is 0 Å². The molecule has 2 N–H and O–H groups in total. The van der Waals surface area contributed by atoms with Gasteiger partial charge in [-0.05, 0) is 67.0 Å². The first-order valence-corrected chi connectivity index (χ1v) is 16.0. The molecule has 0 bridgehead atoms. The van der Waals surface area contributed by atoms with E-state index in [1.807, 2.05) is 60.7 Å². The van der Waals surface area contributed by atoms with E-state index in [4.69, 9.17) is 0 Å². The number of para-hydroxylation sites is 1. The average Bonchev–Trinajstić information content (AvgIpc) is 3.65. The summed E-state index contributed by atoms with van der Waals surface area (Å²) in [6, 6.07) is 25.5. The number of benzene rings is 3. The highest BCUT2D eigenvalue weighted by Crippen LogP contribution is 2.44. The van der Waals surface area contributed by atoms with E-state index in [1.54, 1.807) is 19.0 Å². The third-order valence-electron chi connectivity index (χ3n) is 9.49. The molecule has 0 unspecified atom stereocenters. The fraction of sp³-hybridized carbons (Fsp3) is 0.378. The van der Waals surface area contributed by atoms with Gasteiger partial charge < -0.3 is 20.1 Å². The zero-order valence-corrected chi connectivity index (χ0v) is 25.8. The summed E-state index contributed by atoms with van der Waals surface area (Å²) >= 11 is 0. The summed E-state index contributed by atoms with van der Waals surface area (Å²) in [6.45, 7) is 0.176. The van der Waals surface area contributed by atoms with E-state index in [9.17, 15) is 14.4 Å². The zero-order chi connectivity index (χ0) is 30.7. The van der Waals surface area contributed by atoms with Gasteiger partial charge in [0.05, 0.1) is 11.2 Å². The molecule has 0 spiro atoms. The molecule has 0 saturated heterocycles. The van der Waals surface area contributed by atoms with Gasteiger partial charge in [-0.1, -0.05) is 86.7 Å². The first-order chi connectivity index (χ1) is 21.4. The predicted molar refractivity (Wildman–Crippen MR) is 176 cm³/mol. The average molecular weight is 591 g/mol. The van der Waals surface area contributed by atoms with E-state index in [0.29, 0.717) is 30.0 Å². The van der Waals surface area contributed by atoms with E-state index in [-0.39, 0.29) is 24.3 Å². The number of nitrogens with zero attached hydrogens (tertiary/aromatic N) is 2. The molecule has 228 valence electrons. The number of hydrogen-bond donors (Lipinski definition) is 2. The van der Waals surface area contributed by atoms with Gasteiger partial charge in [0.2, 0.25) is 11.8 Å². The van der Waals surface area contributed by atoms with E-state index >= 15 is 0 Å². The van der Waals surface area contributed by atoms with Gasteiger partial charge in [0.1, 0.15) is 12.1 Å². The highest BCUT2D eigenvalue weighted by Gasteiger charge is 2.42. The SMILES string of the molecule is CN(C)C(=O)Cn1c(-c2ccccc2)c(C2CCCCC2)c2ccc(C(=O)NC3(C(=O)Nc4ccccc4)CCCC3)cc21. The lowest BCUT2D eigenvalue weighted by molar-refractivity contribution is -0.129. The topological polar surface area (TPSA) is 83.4 Å². The van der Waals surface area contributed by atoms with Crippen molar-refractivity contribution in [1.82, 2.24) is 14.8 Å². The van der Waals surface area contributed by atoms with Crippen LogP contribution in [0.1, 0.15) is 79.6 Å². The van der Waals surface area contributed by atoms with Crippen LogP contribution in [0.25, 0.3) is 22.2 Å². The van der Waals surface area contributed by atoms with Crippen molar-refractivity contribution in [3.05, 3.63) is 90.0 Å². The standard InChI is InChI=1S/C37H42N4O3/c1-40(2)32(42)25-41-31-24-28(35(43)39-37(22-12-13-23-37)36(44)38-29-18-10-5-11-19-29)20-21-30(31)33(26-14-6-3-7-15-26)34(41)27-16-8-4-9-17-27/h4-5,8-11,16-21,24,26H,3,6-7,12-15,22-23,25H2,1-2H3,(H,38,44)(H,39,43). The second kappa shape index (κ2) is 12.7. The number of likely N-dealkylation sites (N-methyl/N-ethyl adjacent to an activating group) is 1. The van der Waals surface area contributed by atoms with E-state index < -0.39 is 5.54 Å². The predicted octanol–water partition coefficient (Wildman–Crippen LogP) is 7.13. The highest BCUT2D eigenvalue weighted by molar-refractivity contribution is 6.06. The molecule has 44 heavy (non-hydrogen) atoms. The van der Waals surface area contributed by atoms with Gasteiger partial charge in [0.15, 0.2) is 0 Å². The van der Waals surface area contributed by atoms with Crippen LogP contribution in [-0.2, 0) is 16.1 Å². The minimum atomic E-state index is -0.965. The smallest absolute Gasteiger partial charge is 0.252 e. The van der Waals surface area contributed by atoms with Crippen LogP contribution in [0.4, 0.5) is 5.69 Å². The number of carbonyl (C=O) groups excluding carboxylic acids is 3. The van der Waals surface area contributed by atoms with Crippen LogP contribution in [-0.4, -0.2) is 46.8 Å². The Morgan fingerprint density at radius 3 is 2.16 bits per heavy atom. The maximum atomic E-state index is 13.9. The summed E-state index contributed by atoms with van der Waals surface area (Å²) in [4.78, 5) is 42.3. The quantitative estimate of drug-likeness (QED) is 0.229. The van der Waals surface area contributed by atoms with Crippen LogP contribution in [0.5, 0.6) is 0 Å². The second-order valence-corrected chi connectivity index (χ2v) is 12.6. The lowest BCUT2D eigenvalue weighted by Gasteiger charge is -2.29. The van der Waals surface area contributed by atoms with Crippen molar-refractivity contribution in [2.24, 2.45) is 0 Å². The minimum Gasteiger partial charge on any atom is -0.347 e. The van der Waals surface area contributed by atoms with Crippen molar-refractivity contribution < 1.29 is 14.4 Å². The molecule has 2 saturated carbocycles. The number of carbonyl (C=O) groups is 3. The highest BCUT2D eigenvalue weighted by atomic mass is 16.2.